The number of rotatable bonds is 6. The van der Waals surface area contributed by atoms with Gasteiger partial charge in [-0.3, -0.25) is 4.79 Å². The zero-order valence-electron chi connectivity index (χ0n) is 14.3. The average molecular weight is 317 g/mol. The Morgan fingerprint density at radius 3 is 1.95 bits per heavy atom. The van der Waals surface area contributed by atoms with Crippen molar-refractivity contribution in [2.75, 3.05) is 0 Å². The van der Waals surface area contributed by atoms with Crippen molar-refractivity contribution in [2.24, 2.45) is 5.92 Å². The molecule has 128 valence electrons. The Morgan fingerprint density at radius 1 is 1.09 bits per heavy atom. The highest BCUT2D eigenvalue weighted by molar-refractivity contribution is 5.86. The molecule has 0 unspecified atom stereocenters. The third-order valence-electron chi connectivity index (χ3n) is 2.75. The van der Waals surface area contributed by atoms with E-state index in [-0.39, 0.29) is 11.7 Å². The van der Waals surface area contributed by atoms with E-state index in [0.29, 0.717) is 0 Å². The highest BCUT2D eigenvalue weighted by atomic mass is 16.6. The molecule has 2 N–H and O–H groups in total. The molecule has 0 aromatic heterocycles. The van der Waals surface area contributed by atoms with Crippen LogP contribution in [0.15, 0.2) is 0 Å². The van der Waals surface area contributed by atoms with Crippen LogP contribution in [0.1, 0.15) is 48.5 Å². The van der Waals surface area contributed by atoms with E-state index < -0.39 is 35.9 Å². The van der Waals surface area contributed by atoms with E-state index in [2.05, 4.69) is 5.32 Å². The molecule has 0 radical (unpaired) electrons. The third-order valence-corrected chi connectivity index (χ3v) is 2.75. The minimum absolute atomic E-state index is 0.311. The van der Waals surface area contributed by atoms with E-state index >= 15 is 0 Å². The summed E-state index contributed by atoms with van der Waals surface area (Å²) in [6.45, 7) is 11.1. The molecule has 0 aromatic carbocycles. The number of Topliss-reactive ketones (excluding diaryl/α,β-unsaturated/α-hetero) is 1. The standard InChI is InChI=1S/C15H27NO6/c1-8(2)12(18)13(19)21-10(4)11(9(3)17)16-14(20)22-15(5,6)7/h8,10-12,18H,1-7H3,(H,16,20)/t10-,11-,12+/m1/s1. The van der Waals surface area contributed by atoms with Gasteiger partial charge in [-0.25, -0.2) is 9.59 Å². The summed E-state index contributed by atoms with van der Waals surface area (Å²) in [7, 11) is 0. The number of carbonyl (C=O) groups is 3. The largest absolute Gasteiger partial charge is 0.458 e. The molecule has 0 aliphatic rings. The lowest BCUT2D eigenvalue weighted by Crippen LogP contribution is -2.50. The molecular formula is C15H27NO6. The molecule has 7 heteroatoms. The van der Waals surface area contributed by atoms with E-state index in [1.165, 1.54) is 13.8 Å². The molecule has 0 aliphatic heterocycles. The fourth-order valence-corrected chi connectivity index (χ4v) is 1.58. The SMILES string of the molecule is CC(=O)[C@@H](NC(=O)OC(C)(C)C)[C@@H](C)OC(=O)[C@@H](O)C(C)C. The van der Waals surface area contributed by atoms with Crippen LogP contribution >= 0.6 is 0 Å². The fourth-order valence-electron chi connectivity index (χ4n) is 1.58. The molecule has 0 rings (SSSR count). The van der Waals surface area contributed by atoms with Crippen LogP contribution in [0.4, 0.5) is 4.79 Å². The van der Waals surface area contributed by atoms with Gasteiger partial charge in [0.05, 0.1) is 0 Å². The first kappa shape index (κ1) is 20.4. The molecule has 0 aromatic rings. The Bertz CT molecular complexity index is 413. The van der Waals surface area contributed by atoms with Crippen molar-refractivity contribution < 1.29 is 29.0 Å². The van der Waals surface area contributed by atoms with Crippen molar-refractivity contribution in [3.05, 3.63) is 0 Å². The summed E-state index contributed by atoms with van der Waals surface area (Å²) in [4.78, 5) is 35.1. The van der Waals surface area contributed by atoms with Gasteiger partial charge in [-0.05, 0) is 40.5 Å². The Labute approximate surface area is 131 Å². The number of aliphatic hydroxyl groups is 1. The number of hydrogen-bond acceptors (Lipinski definition) is 6. The van der Waals surface area contributed by atoms with Gasteiger partial charge < -0.3 is 19.9 Å². The number of hydrogen-bond donors (Lipinski definition) is 2. The van der Waals surface area contributed by atoms with Gasteiger partial charge in [0.15, 0.2) is 11.9 Å². The summed E-state index contributed by atoms with van der Waals surface area (Å²) in [6, 6.07) is -1.04. The van der Waals surface area contributed by atoms with Crippen LogP contribution in [0, 0.1) is 5.92 Å². The lowest BCUT2D eigenvalue weighted by Gasteiger charge is -2.26. The Balaban J connectivity index is 4.78. The van der Waals surface area contributed by atoms with E-state index in [0.717, 1.165) is 0 Å². The number of amides is 1. The van der Waals surface area contributed by atoms with Crippen molar-refractivity contribution in [3.8, 4) is 0 Å². The Kier molecular flexibility index (Phi) is 7.52. The van der Waals surface area contributed by atoms with E-state index in [1.54, 1.807) is 34.6 Å². The fraction of sp³-hybridized carbons (Fsp3) is 0.800. The van der Waals surface area contributed by atoms with Crippen LogP contribution in [-0.4, -0.2) is 46.8 Å². The first-order valence-electron chi connectivity index (χ1n) is 7.23. The van der Waals surface area contributed by atoms with Crippen LogP contribution in [0.2, 0.25) is 0 Å². The molecule has 3 atom stereocenters. The Morgan fingerprint density at radius 2 is 1.59 bits per heavy atom. The van der Waals surface area contributed by atoms with Crippen LogP contribution in [-0.2, 0) is 19.1 Å². The number of alkyl carbamates (subject to hydrolysis) is 1. The lowest BCUT2D eigenvalue weighted by molar-refractivity contribution is -0.162. The zero-order valence-corrected chi connectivity index (χ0v) is 14.3. The molecule has 0 saturated heterocycles. The molecule has 0 fully saturated rings. The maximum atomic E-state index is 11.7. The first-order chi connectivity index (χ1) is 9.85. The zero-order chi connectivity index (χ0) is 17.7. The minimum Gasteiger partial charge on any atom is -0.458 e. The van der Waals surface area contributed by atoms with Crippen molar-refractivity contribution in [1.29, 1.82) is 0 Å². The monoisotopic (exact) mass is 317 g/mol. The maximum Gasteiger partial charge on any atom is 0.408 e. The second kappa shape index (κ2) is 8.12. The molecule has 1 amide bonds. The molecule has 0 heterocycles. The van der Waals surface area contributed by atoms with Crippen LogP contribution < -0.4 is 5.32 Å². The molecule has 0 spiro atoms. The maximum absolute atomic E-state index is 11.7. The topological polar surface area (TPSA) is 102 Å². The number of esters is 1. The van der Waals surface area contributed by atoms with Crippen molar-refractivity contribution >= 4 is 17.8 Å². The molecule has 0 aliphatic carbocycles. The van der Waals surface area contributed by atoms with E-state index in [1.807, 2.05) is 0 Å². The highest BCUT2D eigenvalue weighted by Gasteiger charge is 2.31. The van der Waals surface area contributed by atoms with Gasteiger partial charge >= 0.3 is 12.1 Å². The summed E-state index contributed by atoms with van der Waals surface area (Å²) < 4.78 is 10.1. The Hall–Kier alpha value is -1.63. The van der Waals surface area contributed by atoms with Gasteiger partial charge in [0, 0.05) is 0 Å². The predicted molar refractivity (Wildman–Crippen MR) is 80.2 cm³/mol. The normalized spacial score (nSPS) is 15.7. The third kappa shape index (κ3) is 7.40. The second-order valence-electron chi connectivity index (χ2n) is 6.57. The number of ether oxygens (including phenoxy) is 2. The number of carbonyl (C=O) groups excluding carboxylic acids is 3. The quantitative estimate of drug-likeness (QED) is 0.718. The molecular weight excluding hydrogens is 290 g/mol. The van der Waals surface area contributed by atoms with Crippen LogP contribution in [0.3, 0.4) is 0 Å². The van der Waals surface area contributed by atoms with Gasteiger partial charge in [-0.2, -0.15) is 0 Å². The highest BCUT2D eigenvalue weighted by Crippen LogP contribution is 2.10. The molecule has 22 heavy (non-hydrogen) atoms. The number of ketones is 1. The summed E-state index contributed by atoms with van der Waals surface area (Å²) in [5, 5.41) is 12.0. The average Bonchev–Trinajstić information content (AvgIpc) is 2.31. The summed E-state index contributed by atoms with van der Waals surface area (Å²) in [5.74, 6) is -1.53. The molecule has 0 saturated carbocycles. The first-order valence-corrected chi connectivity index (χ1v) is 7.23. The minimum atomic E-state index is -1.28. The van der Waals surface area contributed by atoms with Gasteiger partial charge in [0.25, 0.3) is 0 Å². The lowest BCUT2D eigenvalue weighted by atomic mass is 10.1. The molecule has 7 nitrogen and oxygen atoms in total. The van der Waals surface area contributed by atoms with Crippen molar-refractivity contribution in [1.82, 2.24) is 5.32 Å². The second-order valence-corrected chi connectivity index (χ2v) is 6.57. The van der Waals surface area contributed by atoms with Crippen molar-refractivity contribution in [3.63, 3.8) is 0 Å². The van der Waals surface area contributed by atoms with Gasteiger partial charge in [0.2, 0.25) is 0 Å². The summed E-state index contributed by atoms with van der Waals surface area (Å²) >= 11 is 0. The summed E-state index contributed by atoms with van der Waals surface area (Å²) in [5.41, 5.74) is -0.709. The number of aliphatic hydroxyl groups excluding tert-OH is 1. The van der Waals surface area contributed by atoms with Gasteiger partial charge in [-0.1, -0.05) is 13.8 Å². The smallest absolute Gasteiger partial charge is 0.408 e. The van der Waals surface area contributed by atoms with Crippen molar-refractivity contribution in [2.45, 2.75) is 72.3 Å². The van der Waals surface area contributed by atoms with Crippen LogP contribution in [0.5, 0.6) is 0 Å². The van der Waals surface area contributed by atoms with Crippen LogP contribution in [0.25, 0.3) is 0 Å². The van der Waals surface area contributed by atoms with Gasteiger partial charge in [0.1, 0.15) is 17.7 Å². The van der Waals surface area contributed by atoms with Gasteiger partial charge in [-0.15, -0.1) is 0 Å². The van der Waals surface area contributed by atoms with E-state index in [9.17, 15) is 19.5 Å². The summed E-state index contributed by atoms with van der Waals surface area (Å²) in [6.07, 6.45) is -2.98. The van der Waals surface area contributed by atoms with E-state index in [4.69, 9.17) is 9.47 Å². The predicted octanol–water partition coefficient (Wildman–Crippen LogP) is 1.42. The molecule has 0 bridgehead atoms. The number of nitrogens with one attached hydrogen (secondary N) is 1.